The number of aromatic nitrogens is 1. The van der Waals surface area contributed by atoms with E-state index < -0.39 is 0 Å². The highest BCUT2D eigenvalue weighted by atomic mass is 16.5. The van der Waals surface area contributed by atoms with Gasteiger partial charge in [-0.2, -0.15) is 0 Å². The Labute approximate surface area is 89.6 Å². The summed E-state index contributed by atoms with van der Waals surface area (Å²) < 4.78 is 4.87. The van der Waals surface area contributed by atoms with Crippen LogP contribution in [0.3, 0.4) is 0 Å². The minimum absolute atomic E-state index is 0. The van der Waals surface area contributed by atoms with E-state index in [9.17, 15) is 9.59 Å². The topological polar surface area (TPSA) is 59.2 Å². The summed E-state index contributed by atoms with van der Waals surface area (Å²) in [4.78, 5) is 24.9. The lowest BCUT2D eigenvalue weighted by molar-refractivity contribution is 0.0525. The normalized spacial score (nSPS) is 9.27. The summed E-state index contributed by atoms with van der Waals surface area (Å²) in [6, 6.07) is 0. The van der Waals surface area contributed by atoms with E-state index in [0.29, 0.717) is 35.4 Å². The monoisotopic (exact) mass is 211 g/mol. The molecular formula is C11H17NO3. The maximum absolute atomic E-state index is 11.5. The number of hydrogen-bond acceptors (Lipinski definition) is 3. The minimum Gasteiger partial charge on any atom is -0.462 e. The largest absolute Gasteiger partial charge is 0.462 e. The molecule has 0 bridgehead atoms. The minimum atomic E-state index is -0.383. The molecule has 1 heterocycles. The van der Waals surface area contributed by atoms with Crippen LogP contribution in [0.15, 0.2) is 0 Å². The molecule has 0 aromatic carbocycles. The zero-order valence-corrected chi connectivity index (χ0v) is 8.51. The van der Waals surface area contributed by atoms with Gasteiger partial charge in [0.1, 0.15) is 0 Å². The van der Waals surface area contributed by atoms with E-state index in [-0.39, 0.29) is 13.4 Å². The van der Waals surface area contributed by atoms with Crippen molar-refractivity contribution in [1.82, 2.24) is 4.98 Å². The first-order valence-corrected chi connectivity index (χ1v) is 4.43. The average Bonchev–Trinajstić information content (AvgIpc) is 2.41. The van der Waals surface area contributed by atoms with Crippen LogP contribution in [0.5, 0.6) is 0 Å². The second-order valence-electron chi connectivity index (χ2n) is 3.00. The third-order valence-electron chi connectivity index (χ3n) is 2.07. The van der Waals surface area contributed by atoms with Gasteiger partial charge in [0.05, 0.1) is 17.9 Å². The smallest absolute Gasteiger partial charge is 0.340 e. The molecule has 0 saturated heterocycles. The molecule has 0 amide bonds. The van der Waals surface area contributed by atoms with Gasteiger partial charge in [-0.15, -0.1) is 0 Å². The first kappa shape index (κ1) is 13.4. The van der Waals surface area contributed by atoms with Crippen LogP contribution >= 0.6 is 0 Å². The number of aryl methyl sites for hydroxylation is 1. The number of hydrogen-bond donors (Lipinski definition) is 1. The number of esters is 1. The van der Waals surface area contributed by atoms with Crippen molar-refractivity contribution >= 4 is 12.3 Å². The maximum Gasteiger partial charge on any atom is 0.340 e. The number of nitrogens with one attached hydrogen (secondary N) is 1. The highest BCUT2D eigenvalue weighted by Crippen LogP contribution is 2.17. The summed E-state index contributed by atoms with van der Waals surface area (Å²) in [6.45, 7) is 5.54. The number of carbonyl (C=O) groups excluding carboxylic acids is 2. The summed E-state index contributed by atoms with van der Waals surface area (Å²) in [5.74, 6) is -0.383. The Kier molecular flexibility index (Phi) is 4.78. The Bertz CT molecular complexity index is 366. The number of ether oxygens (including phenoxy) is 1. The van der Waals surface area contributed by atoms with Gasteiger partial charge in [0, 0.05) is 5.69 Å². The van der Waals surface area contributed by atoms with Crippen molar-refractivity contribution in [2.45, 2.75) is 28.2 Å². The standard InChI is InChI=1S/C10H13NO3.CH4/c1-4-14-10(13)9-6(2)8(5-12)11-7(9)3;/h5,11H,4H2,1-3H3;1H4. The third-order valence-corrected chi connectivity index (χ3v) is 2.07. The molecule has 0 atom stereocenters. The van der Waals surface area contributed by atoms with Crippen molar-refractivity contribution in [2.24, 2.45) is 0 Å². The molecule has 4 nitrogen and oxygen atoms in total. The first-order valence-electron chi connectivity index (χ1n) is 4.43. The van der Waals surface area contributed by atoms with Crippen LogP contribution in [0.4, 0.5) is 0 Å². The molecule has 84 valence electrons. The lowest BCUT2D eigenvalue weighted by atomic mass is 10.1. The van der Waals surface area contributed by atoms with Gasteiger partial charge in [-0.1, -0.05) is 7.43 Å². The van der Waals surface area contributed by atoms with Gasteiger partial charge >= 0.3 is 5.97 Å². The lowest BCUT2D eigenvalue weighted by Crippen LogP contribution is -2.06. The Morgan fingerprint density at radius 3 is 2.47 bits per heavy atom. The second-order valence-corrected chi connectivity index (χ2v) is 3.00. The Morgan fingerprint density at radius 1 is 1.47 bits per heavy atom. The fraction of sp³-hybridized carbons (Fsp3) is 0.455. The van der Waals surface area contributed by atoms with E-state index in [1.807, 2.05) is 0 Å². The van der Waals surface area contributed by atoms with Gasteiger partial charge < -0.3 is 9.72 Å². The van der Waals surface area contributed by atoms with E-state index in [4.69, 9.17) is 4.74 Å². The maximum atomic E-state index is 11.5. The van der Waals surface area contributed by atoms with Gasteiger partial charge in [0.25, 0.3) is 0 Å². The van der Waals surface area contributed by atoms with Crippen LogP contribution in [0.2, 0.25) is 0 Å². The van der Waals surface area contributed by atoms with E-state index in [1.54, 1.807) is 20.8 Å². The summed E-state index contributed by atoms with van der Waals surface area (Å²) in [5.41, 5.74) is 2.22. The molecule has 0 aliphatic heterocycles. The molecule has 0 saturated carbocycles. The number of aldehydes is 1. The van der Waals surface area contributed by atoms with Crippen molar-refractivity contribution in [2.75, 3.05) is 6.61 Å². The number of H-pyrrole nitrogens is 1. The number of aromatic amines is 1. The molecule has 1 rings (SSSR count). The molecule has 15 heavy (non-hydrogen) atoms. The Morgan fingerprint density at radius 2 is 2.07 bits per heavy atom. The summed E-state index contributed by atoms with van der Waals surface area (Å²) in [5, 5.41) is 0. The molecule has 1 N–H and O–H groups in total. The van der Waals surface area contributed by atoms with Crippen molar-refractivity contribution in [3.05, 3.63) is 22.5 Å². The molecule has 4 heteroatoms. The summed E-state index contributed by atoms with van der Waals surface area (Å²) in [6.07, 6.45) is 0.699. The lowest BCUT2D eigenvalue weighted by Gasteiger charge is -2.01. The fourth-order valence-electron chi connectivity index (χ4n) is 1.40. The second kappa shape index (κ2) is 5.34. The quantitative estimate of drug-likeness (QED) is 0.616. The van der Waals surface area contributed by atoms with Gasteiger partial charge in [-0.3, -0.25) is 4.79 Å². The fourth-order valence-corrected chi connectivity index (χ4v) is 1.40. The third kappa shape index (κ3) is 2.46. The van der Waals surface area contributed by atoms with E-state index >= 15 is 0 Å². The van der Waals surface area contributed by atoms with Crippen molar-refractivity contribution in [3.8, 4) is 0 Å². The SMILES string of the molecule is C.CCOC(=O)c1c(C)[nH]c(C=O)c1C. The zero-order chi connectivity index (χ0) is 10.7. The summed E-state index contributed by atoms with van der Waals surface area (Å²) >= 11 is 0. The molecule has 0 spiro atoms. The van der Waals surface area contributed by atoms with Gasteiger partial charge in [-0.25, -0.2) is 4.79 Å². The van der Waals surface area contributed by atoms with Crippen LogP contribution in [0.1, 0.15) is 46.5 Å². The van der Waals surface area contributed by atoms with Crippen LogP contribution in [0, 0.1) is 13.8 Å². The van der Waals surface area contributed by atoms with Crippen molar-refractivity contribution in [1.29, 1.82) is 0 Å². The predicted octanol–water partition coefficient (Wildman–Crippen LogP) is 2.26. The predicted molar refractivity (Wildman–Crippen MR) is 58.3 cm³/mol. The zero-order valence-electron chi connectivity index (χ0n) is 8.51. The number of rotatable bonds is 3. The molecule has 0 aliphatic carbocycles. The van der Waals surface area contributed by atoms with Crippen LogP contribution in [-0.4, -0.2) is 23.8 Å². The van der Waals surface area contributed by atoms with E-state index in [0.717, 1.165) is 0 Å². The Hall–Kier alpha value is -1.58. The van der Waals surface area contributed by atoms with Gasteiger partial charge in [-0.05, 0) is 26.3 Å². The highest BCUT2D eigenvalue weighted by Gasteiger charge is 2.18. The van der Waals surface area contributed by atoms with Crippen LogP contribution in [0.25, 0.3) is 0 Å². The summed E-state index contributed by atoms with van der Waals surface area (Å²) in [7, 11) is 0. The first-order chi connectivity index (χ1) is 6.61. The molecule has 0 fully saturated rings. The molecule has 1 aromatic rings. The highest BCUT2D eigenvalue weighted by molar-refractivity contribution is 5.95. The van der Waals surface area contributed by atoms with Crippen molar-refractivity contribution < 1.29 is 14.3 Å². The average molecular weight is 211 g/mol. The van der Waals surface area contributed by atoms with Gasteiger partial charge in [0.2, 0.25) is 0 Å². The molecule has 1 aromatic heterocycles. The van der Waals surface area contributed by atoms with Crippen LogP contribution < -0.4 is 0 Å². The van der Waals surface area contributed by atoms with E-state index in [1.165, 1.54) is 0 Å². The number of carbonyl (C=O) groups is 2. The molecule has 0 radical (unpaired) electrons. The van der Waals surface area contributed by atoms with Crippen molar-refractivity contribution in [3.63, 3.8) is 0 Å². The molecule has 0 aliphatic rings. The van der Waals surface area contributed by atoms with E-state index in [2.05, 4.69) is 4.98 Å². The van der Waals surface area contributed by atoms with Crippen LogP contribution in [-0.2, 0) is 4.74 Å². The molecular weight excluding hydrogens is 194 g/mol. The molecule has 0 unspecified atom stereocenters. The van der Waals surface area contributed by atoms with Gasteiger partial charge in [0.15, 0.2) is 6.29 Å². The Balaban J connectivity index is 0.00000196.